The fourth-order valence-corrected chi connectivity index (χ4v) is 3.83. The Morgan fingerprint density at radius 1 is 1.30 bits per heavy atom. The highest BCUT2D eigenvalue weighted by molar-refractivity contribution is 9.10. The molecule has 1 atom stereocenters. The Balaban J connectivity index is 2.26. The Kier molecular flexibility index (Phi) is 8.18. The Labute approximate surface area is 135 Å². The minimum Gasteiger partial charge on any atom is -0.394 e. The molecule has 0 aromatic heterocycles. The van der Waals surface area contributed by atoms with E-state index in [1.807, 2.05) is 17.8 Å². The van der Waals surface area contributed by atoms with Gasteiger partial charge in [0.1, 0.15) is 0 Å². The molecule has 0 saturated heterocycles. The predicted molar refractivity (Wildman–Crippen MR) is 92.5 cm³/mol. The summed E-state index contributed by atoms with van der Waals surface area (Å²) in [5.74, 6) is 1.12. The molecule has 0 saturated carbocycles. The summed E-state index contributed by atoms with van der Waals surface area (Å²) in [7, 11) is 0. The Morgan fingerprint density at radius 3 is 2.60 bits per heavy atom. The Hall–Kier alpha value is -0.0300. The molecule has 2 N–H and O–H groups in total. The van der Waals surface area contributed by atoms with E-state index in [1.165, 1.54) is 15.8 Å². The van der Waals surface area contributed by atoms with E-state index in [0.29, 0.717) is 6.04 Å². The van der Waals surface area contributed by atoms with Crippen molar-refractivity contribution in [2.75, 3.05) is 12.4 Å². The summed E-state index contributed by atoms with van der Waals surface area (Å²) < 4.78 is 1.17. The molecule has 0 radical (unpaired) electrons. The quantitative estimate of drug-likeness (QED) is 0.504. The van der Waals surface area contributed by atoms with Crippen molar-refractivity contribution in [3.63, 3.8) is 0 Å². The molecule has 1 aromatic rings. The third-order valence-corrected chi connectivity index (χ3v) is 5.32. The van der Waals surface area contributed by atoms with Gasteiger partial charge in [-0.3, -0.25) is 0 Å². The Morgan fingerprint density at radius 2 is 2.00 bits per heavy atom. The van der Waals surface area contributed by atoms with Gasteiger partial charge in [-0.1, -0.05) is 32.4 Å². The molecule has 0 aliphatic rings. The summed E-state index contributed by atoms with van der Waals surface area (Å²) >= 11 is 5.46. The van der Waals surface area contributed by atoms with Gasteiger partial charge in [-0.2, -0.15) is 0 Å². The van der Waals surface area contributed by atoms with E-state index in [2.05, 4.69) is 60.2 Å². The summed E-state index contributed by atoms with van der Waals surface area (Å²) in [5.41, 5.74) is -0.147. The van der Waals surface area contributed by atoms with Crippen LogP contribution in [0.25, 0.3) is 0 Å². The van der Waals surface area contributed by atoms with Crippen LogP contribution in [-0.4, -0.2) is 29.0 Å². The molecular formula is C16H26BrNOS. The lowest BCUT2D eigenvalue weighted by Crippen LogP contribution is -2.49. The smallest absolute Gasteiger partial charge is 0.0610 e. The standard InChI is InChI=1S/C16H26BrNOS/c1-13(2)18-16(3,12-19)10-6-7-11-20-15-9-5-4-8-14(15)17/h4-5,8-9,13,18-19H,6-7,10-12H2,1-3H3. The maximum Gasteiger partial charge on any atom is 0.0610 e. The molecule has 0 bridgehead atoms. The van der Waals surface area contributed by atoms with E-state index in [1.54, 1.807) is 0 Å². The first-order valence-electron chi connectivity index (χ1n) is 7.23. The minimum atomic E-state index is -0.147. The largest absolute Gasteiger partial charge is 0.394 e. The predicted octanol–water partition coefficient (Wildman–Crippen LogP) is 4.46. The fourth-order valence-electron chi connectivity index (χ4n) is 2.25. The van der Waals surface area contributed by atoms with Crippen molar-refractivity contribution in [2.24, 2.45) is 0 Å². The second kappa shape index (κ2) is 9.08. The summed E-state index contributed by atoms with van der Waals surface area (Å²) in [6.45, 7) is 6.55. The maximum atomic E-state index is 9.53. The maximum absolute atomic E-state index is 9.53. The number of aliphatic hydroxyl groups excluding tert-OH is 1. The van der Waals surface area contributed by atoms with E-state index in [4.69, 9.17) is 0 Å². The van der Waals surface area contributed by atoms with Gasteiger partial charge in [0.25, 0.3) is 0 Å². The first-order valence-corrected chi connectivity index (χ1v) is 9.00. The van der Waals surface area contributed by atoms with Crippen LogP contribution in [0.2, 0.25) is 0 Å². The number of nitrogens with one attached hydrogen (secondary N) is 1. The van der Waals surface area contributed by atoms with Gasteiger partial charge in [0.15, 0.2) is 0 Å². The topological polar surface area (TPSA) is 32.3 Å². The van der Waals surface area contributed by atoms with Crippen LogP contribution in [0.1, 0.15) is 40.0 Å². The number of rotatable bonds is 9. The van der Waals surface area contributed by atoms with Crippen molar-refractivity contribution < 1.29 is 5.11 Å². The molecule has 0 aliphatic carbocycles. The fraction of sp³-hybridized carbons (Fsp3) is 0.625. The van der Waals surface area contributed by atoms with Gasteiger partial charge >= 0.3 is 0 Å². The zero-order valence-electron chi connectivity index (χ0n) is 12.7. The third-order valence-electron chi connectivity index (χ3n) is 3.20. The van der Waals surface area contributed by atoms with Crippen LogP contribution in [0.3, 0.4) is 0 Å². The van der Waals surface area contributed by atoms with Gasteiger partial charge in [0.05, 0.1) is 6.61 Å². The van der Waals surface area contributed by atoms with Crippen LogP contribution >= 0.6 is 27.7 Å². The number of thioether (sulfide) groups is 1. The summed E-state index contributed by atoms with van der Waals surface area (Å²) in [6, 6.07) is 8.74. The number of halogens is 1. The van der Waals surface area contributed by atoms with Crippen molar-refractivity contribution in [1.29, 1.82) is 0 Å². The second-order valence-corrected chi connectivity index (χ2v) is 7.74. The number of unbranched alkanes of at least 4 members (excludes halogenated alkanes) is 1. The summed E-state index contributed by atoms with van der Waals surface area (Å²) in [4.78, 5) is 1.30. The first-order chi connectivity index (χ1) is 9.47. The zero-order chi connectivity index (χ0) is 15.0. The summed E-state index contributed by atoms with van der Waals surface area (Å²) in [5, 5.41) is 13.0. The van der Waals surface area contributed by atoms with Crippen molar-refractivity contribution in [2.45, 2.75) is 56.5 Å². The molecule has 0 fully saturated rings. The van der Waals surface area contributed by atoms with Gasteiger partial charge in [-0.25, -0.2) is 0 Å². The molecule has 1 unspecified atom stereocenters. The summed E-state index contributed by atoms with van der Waals surface area (Å²) in [6.07, 6.45) is 3.31. The van der Waals surface area contributed by atoms with Crippen LogP contribution in [0, 0.1) is 0 Å². The van der Waals surface area contributed by atoms with Gasteiger partial charge < -0.3 is 10.4 Å². The van der Waals surface area contributed by atoms with E-state index >= 15 is 0 Å². The molecule has 20 heavy (non-hydrogen) atoms. The third kappa shape index (κ3) is 6.61. The molecule has 114 valence electrons. The SMILES string of the molecule is CC(C)NC(C)(CO)CCCCSc1ccccc1Br. The molecule has 0 aliphatic heterocycles. The second-order valence-electron chi connectivity index (χ2n) is 5.75. The number of aliphatic hydroxyl groups is 1. The average molecular weight is 360 g/mol. The van der Waals surface area contributed by atoms with E-state index < -0.39 is 0 Å². The monoisotopic (exact) mass is 359 g/mol. The number of hydrogen-bond acceptors (Lipinski definition) is 3. The molecular weight excluding hydrogens is 334 g/mol. The number of hydrogen-bond donors (Lipinski definition) is 2. The van der Waals surface area contributed by atoms with Crippen LogP contribution in [0.4, 0.5) is 0 Å². The highest BCUT2D eigenvalue weighted by Gasteiger charge is 2.22. The van der Waals surface area contributed by atoms with Crippen LogP contribution in [0.5, 0.6) is 0 Å². The normalized spacial score (nSPS) is 14.5. The lowest BCUT2D eigenvalue weighted by molar-refractivity contribution is 0.154. The van der Waals surface area contributed by atoms with Gasteiger partial charge in [0, 0.05) is 20.9 Å². The van der Waals surface area contributed by atoms with E-state index in [0.717, 1.165) is 18.6 Å². The molecule has 1 rings (SSSR count). The molecule has 4 heteroatoms. The minimum absolute atomic E-state index is 0.147. The average Bonchev–Trinajstić information content (AvgIpc) is 2.39. The molecule has 1 aromatic carbocycles. The van der Waals surface area contributed by atoms with Crippen LogP contribution in [0.15, 0.2) is 33.6 Å². The Bertz CT molecular complexity index is 400. The first kappa shape index (κ1) is 18.0. The molecule has 0 amide bonds. The van der Waals surface area contributed by atoms with Gasteiger partial charge in [0.2, 0.25) is 0 Å². The highest BCUT2D eigenvalue weighted by atomic mass is 79.9. The zero-order valence-corrected chi connectivity index (χ0v) is 15.1. The van der Waals surface area contributed by atoms with E-state index in [-0.39, 0.29) is 12.1 Å². The van der Waals surface area contributed by atoms with Crippen LogP contribution in [-0.2, 0) is 0 Å². The highest BCUT2D eigenvalue weighted by Crippen LogP contribution is 2.28. The van der Waals surface area contributed by atoms with E-state index in [9.17, 15) is 5.11 Å². The van der Waals surface area contributed by atoms with Gasteiger partial charge in [-0.05, 0) is 53.6 Å². The lowest BCUT2D eigenvalue weighted by atomic mass is 9.95. The molecule has 0 spiro atoms. The molecule has 0 heterocycles. The lowest BCUT2D eigenvalue weighted by Gasteiger charge is -2.31. The van der Waals surface area contributed by atoms with Crippen molar-refractivity contribution >= 4 is 27.7 Å². The van der Waals surface area contributed by atoms with Crippen molar-refractivity contribution in [1.82, 2.24) is 5.32 Å². The number of benzene rings is 1. The van der Waals surface area contributed by atoms with Gasteiger partial charge in [-0.15, -0.1) is 11.8 Å². The van der Waals surface area contributed by atoms with Crippen molar-refractivity contribution in [3.05, 3.63) is 28.7 Å². The molecule has 2 nitrogen and oxygen atoms in total. The van der Waals surface area contributed by atoms with Crippen molar-refractivity contribution in [3.8, 4) is 0 Å². The van der Waals surface area contributed by atoms with Crippen LogP contribution < -0.4 is 5.32 Å².